The van der Waals surface area contributed by atoms with Crippen molar-refractivity contribution in [3.63, 3.8) is 0 Å². The summed E-state index contributed by atoms with van der Waals surface area (Å²) in [7, 11) is 1.91. The molecule has 0 saturated carbocycles. The van der Waals surface area contributed by atoms with E-state index in [9.17, 15) is 0 Å². The van der Waals surface area contributed by atoms with Crippen molar-refractivity contribution in [3.8, 4) is 0 Å². The average Bonchev–Trinajstić information content (AvgIpc) is 2.71. The van der Waals surface area contributed by atoms with Crippen molar-refractivity contribution >= 4 is 27.5 Å². The number of aromatic nitrogens is 3. The molecule has 0 saturated heterocycles. The van der Waals surface area contributed by atoms with Gasteiger partial charge in [-0.25, -0.2) is 4.98 Å². The minimum Gasteiger partial charge on any atom is -0.253 e. The molecule has 1 heterocycles. The molecule has 0 spiro atoms. The van der Waals surface area contributed by atoms with Crippen molar-refractivity contribution in [3.05, 3.63) is 47.0 Å². The quantitative estimate of drug-likeness (QED) is 0.812. The van der Waals surface area contributed by atoms with Gasteiger partial charge in [-0.15, -0.1) is 0 Å². The summed E-state index contributed by atoms with van der Waals surface area (Å²) in [6, 6.07) is 7.96. The van der Waals surface area contributed by atoms with Crippen LogP contribution in [-0.4, -0.2) is 20.1 Å². The fraction of sp³-hybridized carbons (Fsp3) is 0.333. The van der Waals surface area contributed by atoms with Gasteiger partial charge in [0.1, 0.15) is 12.2 Å². The minimum absolute atomic E-state index is 0.358. The molecule has 5 heteroatoms. The van der Waals surface area contributed by atoms with Crippen molar-refractivity contribution in [2.24, 2.45) is 7.05 Å². The van der Waals surface area contributed by atoms with E-state index in [4.69, 9.17) is 11.6 Å². The van der Waals surface area contributed by atoms with Crippen LogP contribution in [0.2, 0.25) is 5.02 Å². The molecule has 0 bridgehead atoms. The number of alkyl halides is 1. The maximum Gasteiger partial charge on any atom is 0.138 e. The fourth-order valence-electron chi connectivity index (χ4n) is 1.75. The lowest BCUT2D eigenvalue weighted by Gasteiger charge is -2.14. The molecule has 0 amide bonds. The van der Waals surface area contributed by atoms with E-state index in [1.54, 1.807) is 11.0 Å². The van der Waals surface area contributed by atoms with Crippen LogP contribution in [0.15, 0.2) is 30.6 Å². The molecule has 1 atom stereocenters. The topological polar surface area (TPSA) is 30.7 Å². The summed E-state index contributed by atoms with van der Waals surface area (Å²) in [5.41, 5.74) is 1.22. The fourth-order valence-corrected chi connectivity index (χ4v) is 2.55. The van der Waals surface area contributed by atoms with Gasteiger partial charge in [0.05, 0.1) is 0 Å². The number of benzene rings is 1. The second-order valence-electron chi connectivity index (χ2n) is 3.91. The zero-order valence-electron chi connectivity index (χ0n) is 9.48. The molecule has 2 aromatic rings. The summed E-state index contributed by atoms with van der Waals surface area (Å²) in [4.78, 5) is 4.25. The Morgan fingerprint density at radius 2 is 2.29 bits per heavy atom. The van der Waals surface area contributed by atoms with Gasteiger partial charge in [-0.1, -0.05) is 39.7 Å². The van der Waals surface area contributed by atoms with Crippen LogP contribution < -0.4 is 0 Å². The smallest absolute Gasteiger partial charge is 0.138 e. The molecule has 17 heavy (non-hydrogen) atoms. The highest BCUT2D eigenvalue weighted by Gasteiger charge is 2.14. The molecule has 0 radical (unpaired) electrons. The monoisotopic (exact) mass is 313 g/mol. The summed E-state index contributed by atoms with van der Waals surface area (Å²) >= 11 is 9.56. The predicted molar refractivity (Wildman–Crippen MR) is 72.7 cm³/mol. The molecule has 0 aliphatic rings. The first-order valence-corrected chi connectivity index (χ1v) is 6.85. The van der Waals surface area contributed by atoms with E-state index < -0.39 is 0 Å². The summed E-state index contributed by atoms with van der Waals surface area (Å²) in [6.45, 7) is 0. The van der Waals surface area contributed by atoms with E-state index in [-0.39, 0.29) is 0 Å². The lowest BCUT2D eigenvalue weighted by Crippen LogP contribution is -2.09. The molecule has 2 rings (SSSR count). The third kappa shape index (κ3) is 3.07. The Bertz CT molecular complexity index is 498. The third-order valence-electron chi connectivity index (χ3n) is 2.74. The van der Waals surface area contributed by atoms with Crippen LogP contribution in [0.1, 0.15) is 17.3 Å². The molecule has 1 aromatic carbocycles. The third-order valence-corrected chi connectivity index (χ3v) is 3.76. The summed E-state index contributed by atoms with van der Waals surface area (Å²) in [5, 5.41) is 5.72. The summed E-state index contributed by atoms with van der Waals surface area (Å²) in [5.74, 6) is 1.34. The number of aryl methyl sites for hydroxylation is 1. The van der Waals surface area contributed by atoms with Crippen LogP contribution >= 0.6 is 27.5 Å². The van der Waals surface area contributed by atoms with Crippen molar-refractivity contribution in [1.29, 1.82) is 0 Å². The average molecular weight is 315 g/mol. The minimum atomic E-state index is 0.358. The van der Waals surface area contributed by atoms with Gasteiger partial charge in [0.25, 0.3) is 0 Å². The van der Waals surface area contributed by atoms with E-state index in [0.29, 0.717) is 5.92 Å². The van der Waals surface area contributed by atoms with E-state index in [0.717, 1.165) is 22.6 Å². The molecule has 3 nitrogen and oxygen atoms in total. The van der Waals surface area contributed by atoms with Gasteiger partial charge >= 0.3 is 0 Å². The van der Waals surface area contributed by atoms with Gasteiger partial charge in [-0.2, -0.15) is 5.10 Å². The van der Waals surface area contributed by atoms with E-state index >= 15 is 0 Å². The second-order valence-corrected chi connectivity index (χ2v) is 4.99. The van der Waals surface area contributed by atoms with E-state index in [1.165, 1.54) is 5.56 Å². The molecule has 1 aromatic heterocycles. The predicted octanol–water partition coefficient (Wildman–Crippen LogP) is 3.19. The maximum absolute atomic E-state index is 6.01. The first-order valence-electron chi connectivity index (χ1n) is 5.35. The highest BCUT2D eigenvalue weighted by molar-refractivity contribution is 9.09. The van der Waals surface area contributed by atoms with Crippen LogP contribution in [-0.2, 0) is 13.5 Å². The largest absolute Gasteiger partial charge is 0.253 e. The second kappa shape index (κ2) is 5.65. The molecule has 0 N–H and O–H groups in total. The first kappa shape index (κ1) is 12.6. The zero-order valence-corrected chi connectivity index (χ0v) is 11.8. The number of nitrogens with zero attached hydrogens (tertiary/aromatic N) is 3. The van der Waals surface area contributed by atoms with Crippen molar-refractivity contribution in [1.82, 2.24) is 14.8 Å². The van der Waals surface area contributed by atoms with Crippen LogP contribution in [0.25, 0.3) is 0 Å². The SMILES string of the molecule is Cn1ncnc1CC(CBr)c1cccc(Cl)c1. The highest BCUT2D eigenvalue weighted by atomic mass is 79.9. The van der Waals surface area contributed by atoms with Crippen LogP contribution in [0.4, 0.5) is 0 Å². The summed E-state index contributed by atoms with van der Waals surface area (Å²) < 4.78 is 1.81. The van der Waals surface area contributed by atoms with Crippen LogP contribution in [0.3, 0.4) is 0 Å². The molecule has 0 aliphatic carbocycles. The Hall–Kier alpha value is -0.870. The van der Waals surface area contributed by atoms with E-state index in [1.807, 2.05) is 25.2 Å². The number of rotatable bonds is 4. The maximum atomic E-state index is 6.01. The van der Waals surface area contributed by atoms with Gasteiger partial charge in [0.15, 0.2) is 0 Å². The standard InChI is InChI=1S/C12H13BrClN3/c1-17-12(15-8-16-17)6-10(7-13)9-3-2-4-11(14)5-9/h2-5,8,10H,6-7H2,1H3. The molecule has 90 valence electrons. The Labute approximate surface area is 114 Å². The van der Waals surface area contributed by atoms with Gasteiger partial charge < -0.3 is 0 Å². The molecule has 0 aliphatic heterocycles. The first-order chi connectivity index (χ1) is 8.20. The lowest BCUT2D eigenvalue weighted by atomic mass is 9.97. The van der Waals surface area contributed by atoms with Crippen molar-refractivity contribution in [2.75, 3.05) is 5.33 Å². The Balaban J connectivity index is 2.20. The Kier molecular flexibility index (Phi) is 4.18. The highest BCUT2D eigenvalue weighted by Crippen LogP contribution is 2.24. The van der Waals surface area contributed by atoms with Gasteiger partial charge in [0.2, 0.25) is 0 Å². The van der Waals surface area contributed by atoms with Crippen molar-refractivity contribution < 1.29 is 0 Å². The molecular weight excluding hydrogens is 302 g/mol. The molecule has 1 unspecified atom stereocenters. The zero-order chi connectivity index (χ0) is 12.3. The van der Waals surface area contributed by atoms with Gasteiger partial charge in [-0.05, 0) is 17.7 Å². The number of hydrogen-bond donors (Lipinski definition) is 0. The van der Waals surface area contributed by atoms with E-state index in [2.05, 4.69) is 32.1 Å². The summed E-state index contributed by atoms with van der Waals surface area (Å²) in [6.07, 6.45) is 2.43. The Morgan fingerprint density at radius 1 is 1.47 bits per heavy atom. The van der Waals surface area contributed by atoms with Crippen LogP contribution in [0.5, 0.6) is 0 Å². The normalized spacial score (nSPS) is 12.6. The lowest BCUT2D eigenvalue weighted by molar-refractivity contribution is 0.651. The molecular formula is C12H13BrClN3. The van der Waals surface area contributed by atoms with Crippen LogP contribution in [0, 0.1) is 0 Å². The Morgan fingerprint density at radius 3 is 2.88 bits per heavy atom. The van der Waals surface area contributed by atoms with Gasteiger partial charge in [0, 0.05) is 29.7 Å². The number of hydrogen-bond acceptors (Lipinski definition) is 2. The van der Waals surface area contributed by atoms with Crippen molar-refractivity contribution in [2.45, 2.75) is 12.3 Å². The molecule has 0 fully saturated rings. The number of halogens is 2. The van der Waals surface area contributed by atoms with Gasteiger partial charge in [-0.3, -0.25) is 4.68 Å².